The molecule has 1 heterocycles. The van der Waals surface area contributed by atoms with E-state index in [1.54, 1.807) is 0 Å². The van der Waals surface area contributed by atoms with E-state index in [0.29, 0.717) is 13.1 Å². The van der Waals surface area contributed by atoms with Gasteiger partial charge in [-0.2, -0.15) is 0 Å². The monoisotopic (exact) mass is 192 g/mol. The van der Waals surface area contributed by atoms with E-state index < -0.39 is 10.0 Å². The summed E-state index contributed by atoms with van der Waals surface area (Å²) >= 11 is 0. The molecule has 2 unspecified atom stereocenters. The summed E-state index contributed by atoms with van der Waals surface area (Å²) in [6.07, 6.45) is 0. The van der Waals surface area contributed by atoms with E-state index in [4.69, 9.17) is 5.73 Å². The lowest BCUT2D eigenvalue weighted by molar-refractivity contribution is 0.393. The molecule has 2 N–H and O–H groups in total. The zero-order valence-electron chi connectivity index (χ0n) is 7.53. The van der Waals surface area contributed by atoms with Crippen molar-refractivity contribution in [2.75, 3.05) is 18.8 Å². The second-order valence-electron chi connectivity index (χ2n) is 3.68. The number of nitrogens with two attached hydrogens (primary N) is 1. The fraction of sp³-hybridized carbons (Fsp3) is 1.00. The van der Waals surface area contributed by atoms with Crippen molar-refractivity contribution >= 4 is 10.0 Å². The van der Waals surface area contributed by atoms with Crippen LogP contribution in [-0.2, 0) is 10.0 Å². The Balaban J connectivity index is 2.66. The average Bonchev–Trinajstić information content (AvgIpc) is 2.04. The van der Waals surface area contributed by atoms with Gasteiger partial charge in [0.25, 0.3) is 0 Å². The van der Waals surface area contributed by atoms with Gasteiger partial charge in [-0.05, 0) is 12.8 Å². The van der Waals surface area contributed by atoms with Crippen molar-refractivity contribution in [1.29, 1.82) is 0 Å². The van der Waals surface area contributed by atoms with E-state index in [1.807, 2.05) is 13.8 Å². The third kappa shape index (κ3) is 2.18. The van der Waals surface area contributed by atoms with Crippen molar-refractivity contribution in [3.8, 4) is 0 Å². The molecule has 0 aromatic carbocycles. The summed E-state index contributed by atoms with van der Waals surface area (Å²) < 4.78 is 24.2. The van der Waals surface area contributed by atoms with Crippen molar-refractivity contribution in [1.82, 2.24) is 4.31 Å². The standard InChI is InChI=1S/C7H16N2O2S/c1-6-3-9(4-7(2)8)12(10,11)5-6/h6-7H,3-5,8H2,1-2H3. The first-order valence-corrected chi connectivity index (χ1v) is 5.76. The number of sulfonamides is 1. The molecular formula is C7H16N2O2S. The fourth-order valence-electron chi connectivity index (χ4n) is 1.49. The van der Waals surface area contributed by atoms with Crippen LogP contribution in [0.3, 0.4) is 0 Å². The van der Waals surface area contributed by atoms with Crippen LogP contribution in [0.5, 0.6) is 0 Å². The summed E-state index contributed by atoms with van der Waals surface area (Å²) in [5, 5.41) is 0. The summed E-state index contributed by atoms with van der Waals surface area (Å²) in [4.78, 5) is 0. The Morgan fingerprint density at radius 2 is 2.25 bits per heavy atom. The maximum Gasteiger partial charge on any atom is 0.214 e. The molecule has 1 fully saturated rings. The summed E-state index contributed by atoms with van der Waals surface area (Å²) in [6.45, 7) is 4.84. The molecule has 1 aliphatic rings. The van der Waals surface area contributed by atoms with Crippen LogP contribution in [0.1, 0.15) is 13.8 Å². The van der Waals surface area contributed by atoms with Gasteiger partial charge in [-0.3, -0.25) is 0 Å². The first-order valence-electron chi connectivity index (χ1n) is 4.15. The molecule has 1 saturated heterocycles. The van der Waals surface area contributed by atoms with Gasteiger partial charge in [0.05, 0.1) is 5.75 Å². The molecule has 5 heteroatoms. The van der Waals surface area contributed by atoms with Crippen LogP contribution >= 0.6 is 0 Å². The number of hydrogen-bond donors (Lipinski definition) is 1. The molecule has 0 aliphatic carbocycles. The van der Waals surface area contributed by atoms with Crippen molar-refractivity contribution in [2.45, 2.75) is 19.9 Å². The third-order valence-corrected chi connectivity index (χ3v) is 3.97. The van der Waals surface area contributed by atoms with E-state index in [1.165, 1.54) is 4.31 Å². The Kier molecular flexibility index (Phi) is 2.75. The van der Waals surface area contributed by atoms with Gasteiger partial charge >= 0.3 is 0 Å². The maximum absolute atomic E-state index is 11.4. The molecule has 72 valence electrons. The predicted octanol–water partition coefficient (Wildman–Crippen LogP) is -0.385. The molecule has 0 aromatic rings. The zero-order valence-corrected chi connectivity index (χ0v) is 8.34. The van der Waals surface area contributed by atoms with Gasteiger partial charge in [-0.1, -0.05) is 6.92 Å². The highest BCUT2D eigenvalue weighted by atomic mass is 32.2. The molecule has 12 heavy (non-hydrogen) atoms. The largest absolute Gasteiger partial charge is 0.327 e. The van der Waals surface area contributed by atoms with Gasteiger partial charge in [0.1, 0.15) is 0 Å². The van der Waals surface area contributed by atoms with E-state index in [2.05, 4.69) is 0 Å². The third-order valence-electron chi connectivity index (χ3n) is 1.90. The highest BCUT2D eigenvalue weighted by molar-refractivity contribution is 7.89. The SMILES string of the molecule is CC(N)CN1CC(C)CS1(=O)=O. The molecule has 0 radical (unpaired) electrons. The van der Waals surface area contributed by atoms with E-state index in [-0.39, 0.29) is 17.7 Å². The van der Waals surface area contributed by atoms with Crippen LogP contribution in [-0.4, -0.2) is 37.6 Å². The molecule has 1 aliphatic heterocycles. The van der Waals surface area contributed by atoms with Crippen LogP contribution in [0, 0.1) is 5.92 Å². The van der Waals surface area contributed by atoms with Crippen molar-refractivity contribution in [2.24, 2.45) is 11.7 Å². The van der Waals surface area contributed by atoms with Crippen LogP contribution in [0.25, 0.3) is 0 Å². The number of rotatable bonds is 2. The highest BCUT2D eigenvalue weighted by Crippen LogP contribution is 2.18. The van der Waals surface area contributed by atoms with E-state index in [9.17, 15) is 8.42 Å². The zero-order chi connectivity index (χ0) is 9.35. The smallest absolute Gasteiger partial charge is 0.214 e. The second-order valence-corrected chi connectivity index (χ2v) is 5.69. The second kappa shape index (κ2) is 3.32. The van der Waals surface area contributed by atoms with Gasteiger partial charge in [0, 0.05) is 19.1 Å². The first kappa shape index (κ1) is 9.95. The summed E-state index contributed by atoms with van der Waals surface area (Å²) in [6, 6.07) is -0.0786. The Bertz CT molecular complexity index is 248. The quantitative estimate of drug-likeness (QED) is 0.648. The molecule has 0 spiro atoms. The summed E-state index contributed by atoms with van der Waals surface area (Å²) in [5.41, 5.74) is 5.53. The lowest BCUT2D eigenvalue weighted by Gasteiger charge is -2.16. The number of nitrogens with zero attached hydrogens (tertiary/aromatic N) is 1. The molecular weight excluding hydrogens is 176 g/mol. The van der Waals surface area contributed by atoms with E-state index >= 15 is 0 Å². The van der Waals surface area contributed by atoms with Gasteiger partial charge in [0.2, 0.25) is 10.0 Å². The molecule has 0 bridgehead atoms. The Morgan fingerprint density at radius 1 is 1.67 bits per heavy atom. The van der Waals surface area contributed by atoms with E-state index in [0.717, 1.165) is 0 Å². The number of hydrogen-bond acceptors (Lipinski definition) is 3. The molecule has 2 atom stereocenters. The van der Waals surface area contributed by atoms with Crippen LogP contribution in [0.2, 0.25) is 0 Å². The normalized spacial score (nSPS) is 32.1. The molecule has 0 aromatic heterocycles. The lowest BCUT2D eigenvalue weighted by Crippen LogP contribution is -2.36. The minimum atomic E-state index is -2.98. The maximum atomic E-state index is 11.4. The first-order chi connectivity index (χ1) is 5.42. The lowest BCUT2D eigenvalue weighted by atomic mass is 10.2. The average molecular weight is 192 g/mol. The van der Waals surface area contributed by atoms with Gasteiger partial charge in [-0.15, -0.1) is 0 Å². The van der Waals surface area contributed by atoms with Crippen LogP contribution in [0.15, 0.2) is 0 Å². The molecule has 0 amide bonds. The molecule has 0 saturated carbocycles. The predicted molar refractivity (Wildman–Crippen MR) is 48.2 cm³/mol. The minimum Gasteiger partial charge on any atom is -0.327 e. The Morgan fingerprint density at radius 3 is 2.58 bits per heavy atom. The summed E-state index contributed by atoms with van der Waals surface area (Å²) in [5.74, 6) is 0.522. The topological polar surface area (TPSA) is 63.4 Å². The Hall–Kier alpha value is -0.130. The van der Waals surface area contributed by atoms with Gasteiger partial charge in [-0.25, -0.2) is 12.7 Å². The van der Waals surface area contributed by atoms with Crippen molar-refractivity contribution in [3.63, 3.8) is 0 Å². The van der Waals surface area contributed by atoms with Gasteiger partial charge < -0.3 is 5.73 Å². The fourth-order valence-corrected chi connectivity index (χ4v) is 3.47. The van der Waals surface area contributed by atoms with Crippen molar-refractivity contribution in [3.05, 3.63) is 0 Å². The molecule has 4 nitrogen and oxygen atoms in total. The molecule has 1 rings (SSSR count). The summed E-state index contributed by atoms with van der Waals surface area (Å²) in [7, 11) is -2.98. The highest BCUT2D eigenvalue weighted by Gasteiger charge is 2.33. The van der Waals surface area contributed by atoms with Crippen LogP contribution < -0.4 is 5.73 Å². The van der Waals surface area contributed by atoms with Gasteiger partial charge in [0.15, 0.2) is 0 Å². The Labute approximate surface area is 73.8 Å². The minimum absolute atomic E-state index is 0.0786. The van der Waals surface area contributed by atoms with Crippen LogP contribution in [0.4, 0.5) is 0 Å². The van der Waals surface area contributed by atoms with Crippen molar-refractivity contribution < 1.29 is 8.42 Å².